The molecule has 7 heteroatoms. The molecule has 0 aromatic heterocycles. The summed E-state index contributed by atoms with van der Waals surface area (Å²) in [5, 5.41) is 21.7. The zero-order valence-corrected chi connectivity index (χ0v) is 13.6. The van der Waals surface area contributed by atoms with Crippen molar-refractivity contribution in [3.63, 3.8) is 0 Å². The summed E-state index contributed by atoms with van der Waals surface area (Å²) >= 11 is 0. The molecule has 132 valence electrons. The molecule has 1 aliphatic heterocycles. The molecule has 24 heavy (non-hydrogen) atoms. The van der Waals surface area contributed by atoms with Gasteiger partial charge >= 0.3 is 12.0 Å². The number of nitrogens with zero attached hydrogens (tertiary/aromatic N) is 1. The number of carboxylic acid groups (broad SMARTS) is 1. The Labute approximate surface area is 141 Å². The minimum absolute atomic E-state index is 0.0273. The average Bonchev–Trinajstić information content (AvgIpc) is 2.59. The standard InChI is InChI=1S/C17H24N2O5/c20-15(13-5-2-1-3-6-13)11-14-12-24-10-9-19(14)17(23)18-8-4-7-16(21)22/h1-3,5-6,14-15,20H,4,7-12H2,(H,18,23)(H,21,22). The van der Waals surface area contributed by atoms with Crippen molar-refractivity contribution >= 4 is 12.0 Å². The minimum atomic E-state index is -0.875. The lowest BCUT2D eigenvalue weighted by atomic mass is 10.0. The maximum Gasteiger partial charge on any atom is 0.317 e. The number of carbonyl (C=O) groups excluding carboxylic acids is 1. The maximum atomic E-state index is 12.3. The van der Waals surface area contributed by atoms with Crippen molar-refractivity contribution in [2.24, 2.45) is 0 Å². The van der Waals surface area contributed by atoms with Crippen LogP contribution in [0.5, 0.6) is 0 Å². The molecule has 2 rings (SSSR count). The highest BCUT2D eigenvalue weighted by Crippen LogP contribution is 2.22. The maximum absolute atomic E-state index is 12.3. The smallest absolute Gasteiger partial charge is 0.317 e. The molecule has 0 spiro atoms. The molecule has 1 aromatic rings. The van der Waals surface area contributed by atoms with E-state index >= 15 is 0 Å². The first-order valence-electron chi connectivity index (χ1n) is 8.15. The van der Waals surface area contributed by atoms with Gasteiger partial charge in [0.15, 0.2) is 0 Å². The molecule has 1 aliphatic rings. The molecule has 3 N–H and O–H groups in total. The number of rotatable bonds is 7. The average molecular weight is 336 g/mol. The van der Waals surface area contributed by atoms with E-state index in [9.17, 15) is 14.7 Å². The lowest BCUT2D eigenvalue weighted by Crippen LogP contribution is -2.53. The van der Waals surface area contributed by atoms with Crippen molar-refractivity contribution in [3.05, 3.63) is 35.9 Å². The predicted molar refractivity (Wildman–Crippen MR) is 87.6 cm³/mol. The highest BCUT2D eigenvalue weighted by atomic mass is 16.5. The Bertz CT molecular complexity index is 537. The van der Waals surface area contributed by atoms with E-state index in [2.05, 4.69) is 5.32 Å². The first kappa shape index (κ1) is 18.2. The molecule has 0 radical (unpaired) electrons. The summed E-state index contributed by atoms with van der Waals surface area (Å²) in [5.41, 5.74) is 0.810. The van der Waals surface area contributed by atoms with E-state index in [1.807, 2.05) is 30.3 Å². The fourth-order valence-electron chi connectivity index (χ4n) is 2.72. The molecule has 1 saturated heterocycles. The van der Waals surface area contributed by atoms with Gasteiger partial charge in [0.1, 0.15) is 0 Å². The lowest BCUT2D eigenvalue weighted by Gasteiger charge is -2.36. The number of morpholine rings is 1. The summed E-state index contributed by atoms with van der Waals surface area (Å²) in [6, 6.07) is 8.86. The summed E-state index contributed by atoms with van der Waals surface area (Å²) in [7, 11) is 0. The van der Waals surface area contributed by atoms with Gasteiger partial charge in [-0.1, -0.05) is 30.3 Å². The third kappa shape index (κ3) is 5.50. The quantitative estimate of drug-likeness (QED) is 0.654. The van der Waals surface area contributed by atoms with Gasteiger partial charge in [0.2, 0.25) is 0 Å². The Hall–Kier alpha value is -2.12. The van der Waals surface area contributed by atoms with E-state index in [1.165, 1.54) is 0 Å². The molecular formula is C17H24N2O5. The molecular weight excluding hydrogens is 312 g/mol. The first-order valence-corrected chi connectivity index (χ1v) is 8.15. The number of hydrogen-bond acceptors (Lipinski definition) is 4. The van der Waals surface area contributed by atoms with E-state index in [0.717, 1.165) is 5.56 Å². The van der Waals surface area contributed by atoms with Crippen LogP contribution in [0.1, 0.15) is 30.9 Å². The van der Waals surface area contributed by atoms with Gasteiger partial charge in [0.25, 0.3) is 0 Å². The van der Waals surface area contributed by atoms with Crippen molar-refractivity contribution in [1.82, 2.24) is 10.2 Å². The SMILES string of the molecule is O=C(O)CCCNC(=O)N1CCOCC1CC(O)c1ccccc1. The summed E-state index contributed by atoms with van der Waals surface area (Å²) in [5.74, 6) is -0.875. The zero-order chi connectivity index (χ0) is 17.4. The Morgan fingerprint density at radius 2 is 2.08 bits per heavy atom. The number of carbonyl (C=O) groups is 2. The van der Waals surface area contributed by atoms with Gasteiger partial charge in [-0.15, -0.1) is 0 Å². The van der Waals surface area contributed by atoms with Gasteiger partial charge in [0, 0.05) is 25.9 Å². The molecule has 1 heterocycles. The molecule has 0 bridgehead atoms. The van der Waals surface area contributed by atoms with Crippen LogP contribution in [0.25, 0.3) is 0 Å². The second kappa shape index (κ2) is 9.24. The molecule has 2 amide bonds. The third-order valence-electron chi connectivity index (χ3n) is 4.01. The highest BCUT2D eigenvalue weighted by molar-refractivity contribution is 5.74. The third-order valence-corrected chi connectivity index (χ3v) is 4.01. The number of aliphatic carboxylic acids is 1. The van der Waals surface area contributed by atoms with E-state index < -0.39 is 12.1 Å². The molecule has 1 aromatic carbocycles. The highest BCUT2D eigenvalue weighted by Gasteiger charge is 2.29. The number of nitrogens with one attached hydrogen (secondary N) is 1. The van der Waals surface area contributed by atoms with Crippen molar-refractivity contribution < 1.29 is 24.5 Å². The summed E-state index contributed by atoms with van der Waals surface area (Å²) < 4.78 is 5.45. The number of carboxylic acids is 1. The van der Waals surface area contributed by atoms with E-state index in [4.69, 9.17) is 9.84 Å². The van der Waals surface area contributed by atoms with Gasteiger partial charge in [-0.3, -0.25) is 4.79 Å². The van der Waals surface area contributed by atoms with Gasteiger partial charge in [-0.25, -0.2) is 4.79 Å². The fourth-order valence-corrected chi connectivity index (χ4v) is 2.72. The summed E-state index contributed by atoms with van der Waals surface area (Å²) in [6.07, 6.45) is 0.148. The topological polar surface area (TPSA) is 99.1 Å². The number of amides is 2. The minimum Gasteiger partial charge on any atom is -0.481 e. The van der Waals surface area contributed by atoms with E-state index in [-0.39, 0.29) is 18.5 Å². The van der Waals surface area contributed by atoms with Crippen LogP contribution in [-0.4, -0.2) is 59.5 Å². The van der Waals surface area contributed by atoms with Crippen LogP contribution < -0.4 is 5.32 Å². The zero-order valence-electron chi connectivity index (χ0n) is 13.6. The largest absolute Gasteiger partial charge is 0.481 e. The van der Waals surface area contributed by atoms with Gasteiger partial charge in [-0.2, -0.15) is 0 Å². The number of ether oxygens (including phenoxy) is 1. The number of aliphatic hydroxyl groups is 1. The Kier molecular flexibility index (Phi) is 7.02. The fraction of sp³-hybridized carbons (Fsp3) is 0.529. The van der Waals surface area contributed by atoms with Crippen LogP contribution in [0.15, 0.2) is 30.3 Å². The molecule has 2 atom stereocenters. The van der Waals surface area contributed by atoms with Crippen LogP contribution >= 0.6 is 0 Å². The van der Waals surface area contributed by atoms with Crippen LogP contribution in [0.4, 0.5) is 4.79 Å². The van der Waals surface area contributed by atoms with Crippen LogP contribution in [0.2, 0.25) is 0 Å². The molecule has 7 nitrogen and oxygen atoms in total. The van der Waals surface area contributed by atoms with Crippen LogP contribution in [0.3, 0.4) is 0 Å². The number of aliphatic hydroxyl groups excluding tert-OH is 1. The predicted octanol–water partition coefficient (Wildman–Crippen LogP) is 1.39. The summed E-state index contributed by atoms with van der Waals surface area (Å²) in [4.78, 5) is 24.5. The second-order valence-electron chi connectivity index (χ2n) is 5.81. The molecule has 1 fully saturated rings. The Morgan fingerprint density at radius 3 is 2.79 bits per heavy atom. The van der Waals surface area contributed by atoms with Gasteiger partial charge < -0.3 is 25.2 Å². The van der Waals surface area contributed by atoms with Crippen LogP contribution in [-0.2, 0) is 9.53 Å². The monoisotopic (exact) mass is 336 g/mol. The van der Waals surface area contributed by atoms with Crippen molar-refractivity contribution in [2.75, 3.05) is 26.3 Å². The summed E-state index contributed by atoms with van der Waals surface area (Å²) in [6.45, 7) is 1.61. The molecule has 2 unspecified atom stereocenters. The van der Waals surface area contributed by atoms with Crippen molar-refractivity contribution in [2.45, 2.75) is 31.4 Å². The number of hydrogen-bond donors (Lipinski definition) is 3. The first-order chi connectivity index (χ1) is 11.6. The number of urea groups is 1. The van der Waals surface area contributed by atoms with Crippen LogP contribution in [0, 0.1) is 0 Å². The molecule has 0 aliphatic carbocycles. The van der Waals surface area contributed by atoms with Gasteiger partial charge in [0.05, 0.1) is 25.4 Å². The van der Waals surface area contributed by atoms with Crippen molar-refractivity contribution in [1.29, 1.82) is 0 Å². The second-order valence-corrected chi connectivity index (χ2v) is 5.81. The van der Waals surface area contributed by atoms with E-state index in [1.54, 1.807) is 4.90 Å². The van der Waals surface area contributed by atoms with Crippen molar-refractivity contribution in [3.8, 4) is 0 Å². The van der Waals surface area contributed by atoms with E-state index in [0.29, 0.717) is 39.1 Å². The van der Waals surface area contributed by atoms with Gasteiger partial charge in [-0.05, 0) is 12.0 Å². The Morgan fingerprint density at radius 1 is 1.33 bits per heavy atom. The lowest BCUT2D eigenvalue weighted by molar-refractivity contribution is -0.137. The number of benzene rings is 1. The Balaban J connectivity index is 1.87. The molecule has 0 saturated carbocycles. The normalized spacial score (nSPS) is 18.9.